The van der Waals surface area contributed by atoms with Gasteiger partial charge in [-0.15, -0.1) is 0 Å². The summed E-state index contributed by atoms with van der Waals surface area (Å²) in [6.45, 7) is 7.46. The number of nitrogens with zero attached hydrogens (tertiary/aromatic N) is 1. The molecule has 1 saturated heterocycles. The van der Waals surface area contributed by atoms with Crippen LogP contribution in [-0.2, 0) is 16.0 Å². The summed E-state index contributed by atoms with van der Waals surface area (Å²) in [6.07, 6.45) is 1.27. The molecule has 0 radical (unpaired) electrons. The first-order valence-electron chi connectivity index (χ1n) is 7.37. The van der Waals surface area contributed by atoms with Crippen molar-refractivity contribution in [1.82, 2.24) is 4.90 Å². The first-order valence-corrected chi connectivity index (χ1v) is 7.37. The lowest BCUT2D eigenvalue weighted by Gasteiger charge is -2.27. The number of rotatable bonds is 2. The van der Waals surface area contributed by atoms with E-state index in [0.29, 0.717) is 19.3 Å². The molecule has 2 rings (SSSR count). The first kappa shape index (κ1) is 15.5. The molecule has 1 aromatic rings. The molecule has 0 saturated carbocycles. The number of ether oxygens (including phenoxy) is 1. The van der Waals surface area contributed by atoms with Gasteiger partial charge in [0, 0.05) is 12.5 Å². The van der Waals surface area contributed by atoms with Gasteiger partial charge in [0.15, 0.2) is 0 Å². The highest BCUT2D eigenvalue weighted by Gasteiger charge is 2.38. The van der Waals surface area contributed by atoms with E-state index in [1.807, 2.05) is 31.2 Å². The highest BCUT2D eigenvalue weighted by atomic mass is 16.6. The number of amides is 2. The molecular weight excluding hydrogens is 266 g/mol. The molecule has 4 nitrogen and oxygen atoms in total. The van der Waals surface area contributed by atoms with Crippen LogP contribution in [0, 0.1) is 6.92 Å². The fourth-order valence-corrected chi connectivity index (χ4v) is 2.49. The van der Waals surface area contributed by atoms with Crippen molar-refractivity contribution in [1.29, 1.82) is 0 Å². The number of hydrogen-bond donors (Lipinski definition) is 0. The molecule has 1 atom stereocenters. The fourth-order valence-electron chi connectivity index (χ4n) is 2.49. The average molecular weight is 289 g/mol. The predicted molar refractivity (Wildman–Crippen MR) is 81.0 cm³/mol. The topological polar surface area (TPSA) is 46.6 Å². The van der Waals surface area contributed by atoms with Crippen LogP contribution < -0.4 is 0 Å². The zero-order chi connectivity index (χ0) is 15.6. The summed E-state index contributed by atoms with van der Waals surface area (Å²) in [5, 5.41) is 0. The second kappa shape index (κ2) is 5.88. The van der Waals surface area contributed by atoms with Gasteiger partial charge in [-0.3, -0.25) is 4.79 Å². The van der Waals surface area contributed by atoms with Crippen LogP contribution in [0.2, 0.25) is 0 Å². The summed E-state index contributed by atoms with van der Waals surface area (Å²) in [7, 11) is 0. The minimum atomic E-state index is -0.589. The van der Waals surface area contributed by atoms with E-state index in [9.17, 15) is 9.59 Å². The third-order valence-corrected chi connectivity index (χ3v) is 3.51. The Hall–Kier alpha value is -1.84. The maximum absolute atomic E-state index is 12.2. The summed E-state index contributed by atoms with van der Waals surface area (Å²) in [5.41, 5.74) is 1.74. The Labute approximate surface area is 126 Å². The Kier molecular flexibility index (Phi) is 4.35. The van der Waals surface area contributed by atoms with Crippen LogP contribution >= 0.6 is 0 Å². The normalized spacial score (nSPS) is 19.0. The lowest BCUT2D eigenvalue weighted by atomic mass is 10.0. The molecule has 1 aliphatic heterocycles. The van der Waals surface area contributed by atoms with Crippen molar-refractivity contribution >= 4 is 12.0 Å². The van der Waals surface area contributed by atoms with Crippen molar-refractivity contribution in [3.63, 3.8) is 0 Å². The molecule has 1 fully saturated rings. The van der Waals surface area contributed by atoms with E-state index in [1.54, 1.807) is 20.8 Å². The van der Waals surface area contributed by atoms with Gasteiger partial charge in [0.25, 0.3) is 0 Å². The van der Waals surface area contributed by atoms with Gasteiger partial charge in [0.05, 0.1) is 0 Å². The number of likely N-dealkylation sites (tertiary alicyclic amines) is 1. The molecule has 1 heterocycles. The molecule has 0 bridgehead atoms. The van der Waals surface area contributed by atoms with Gasteiger partial charge >= 0.3 is 6.09 Å². The lowest BCUT2D eigenvalue weighted by molar-refractivity contribution is -0.128. The molecule has 114 valence electrons. The molecule has 0 spiro atoms. The summed E-state index contributed by atoms with van der Waals surface area (Å²) < 4.78 is 5.35. The second-order valence-electron chi connectivity index (χ2n) is 6.63. The Morgan fingerprint density at radius 2 is 1.90 bits per heavy atom. The van der Waals surface area contributed by atoms with Gasteiger partial charge in [0.2, 0.25) is 5.91 Å². The highest BCUT2D eigenvalue weighted by Crippen LogP contribution is 2.25. The van der Waals surface area contributed by atoms with Crippen LogP contribution in [0.5, 0.6) is 0 Å². The average Bonchev–Trinajstić information content (AvgIpc) is 2.71. The van der Waals surface area contributed by atoms with E-state index < -0.39 is 11.7 Å². The Bertz CT molecular complexity index is 528. The number of aryl methyl sites for hydroxylation is 1. The molecule has 1 aromatic carbocycles. The smallest absolute Gasteiger partial charge is 0.417 e. The molecule has 0 aliphatic carbocycles. The zero-order valence-corrected chi connectivity index (χ0v) is 13.2. The summed E-state index contributed by atoms with van der Waals surface area (Å²) in [6, 6.07) is 8.08. The van der Waals surface area contributed by atoms with Crippen molar-refractivity contribution in [2.75, 3.05) is 0 Å². The van der Waals surface area contributed by atoms with Gasteiger partial charge in [-0.25, -0.2) is 9.69 Å². The van der Waals surface area contributed by atoms with E-state index in [-0.39, 0.29) is 11.9 Å². The third kappa shape index (κ3) is 4.06. The Balaban J connectivity index is 2.09. The Morgan fingerprint density at radius 3 is 2.48 bits per heavy atom. The number of imide groups is 1. The van der Waals surface area contributed by atoms with Crippen molar-refractivity contribution in [3.05, 3.63) is 35.4 Å². The molecule has 21 heavy (non-hydrogen) atoms. The molecule has 2 amide bonds. The van der Waals surface area contributed by atoms with Crippen LogP contribution in [0.4, 0.5) is 4.79 Å². The monoisotopic (exact) mass is 289 g/mol. The first-order chi connectivity index (χ1) is 9.76. The van der Waals surface area contributed by atoms with Crippen molar-refractivity contribution in [2.24, 2.45) is 0 Å². The van der Waals surface area contributed by atoms with Crippen molar-refractivity contribution in [3.8, 4) is 0 Å². The van der Waals surface area contributed by atoms with Gasteiger partial charge in [0.1, 0.15) is 5.60 Å². The highest BCUT2D eigenvalue weighted by molar-refractivity contribution is 5.94. The summed E-state index contributed by atoms with van der Waals surface area (Å²) in [5.74, 6) is -0.138. The van der Waals surface area contributed by atoms with Crippen LogP contribution in [-0.4, -0.2) is 28.5 Å². The van der Waals surface area contributed by atoms with Crippen LogP contribution in [0.25, 0.3) is 0 Å². The van der Waals surface area contributed by atoms with Gasteiger partial charge in [-0.05, 0) is 46.1 Å². The van der Waals surface area contributed by atoms with E-state index in [2.05, 4.69) is 0 Å². The van der Waals surface area contributed by atoms with Gasteiger partial charge in [-0.1, -0.05) is 29.8 Å². The number of carbonyl (C=O) groups excluding carboxylic acids is 2. The SMILES string of the molecule is Cc1ccc(C[C@H]2CCC(=O)N2C(=O)OC(C)(C)C)cc1. The van der Waals surface area contributed by atoms with Gasteiger partial charge < -0.3 is 4.74 Å². The molecule has 0 aromatic heterocycles. The minimum Gasteiger partial charge on any atom is -0.443 e. The summed E-state index contributed by atoms with van der Waals surface area (Å²) >= 11 is 0. The van der Waals surface area contributed by atoms with E-state index in [0.717, 1.165) is 5.56 Å². The number of hydrogen-bond acceptors (Lipinski definition) is 3. The minimum absolute atomic E-state index is 0.102. The zero-order valence-electron chi connectivity index (χ0n) is 13.2. The number of benzene rings is 1. The van der Waals surface area contributed by atoms with E-state index in [1.165, 1.54) is 10.5 Å². The maximum atomic E-state index is 12.2. The quantitative estimate of drug-likeness (QED) is 0.837. The van der Waals surface area contributed by atoms with Crippen LogP contribution in [0.3, 0.4) is 0 Å². The lowest BCUT2D eigenvalue weighted by Crippen LogP contribution is -2.43. The molecule has 0 unspecified atom stereocenters. The predicted octanol–water partition coefficient (Wildman–Crippen LogP) is 3.46. The van der Waals surface area contributed by atoms with Crippen LogP contribution in [0.15, 0.2) is 24.3 Å². The standard InChI is InChI=1S/C17H23NO3/c1-12-5-7-13(8-6-12)11-14-9-10-15(19)18(14)16(20)21-17(2,3)4/h5-8,14H,9-11H2,1-4H3/t14-/m1/s1. The Morgan fingerprint density at radius 1 is 1.29 bits per heavy atom. The molecule has 0 N–H and O–H groups in total. The molecular formula is C17H23NO3. The van der Waals surface area contributed by atoms with Gasteiger partial charge in [-0.2, -0.15) is 0 Å². The maximum Gasteiger partial charge on any atom is 0.417 e. The summed E-state index contributed by atoms with van der Waals surface area (Å²) in [4.78, 5) is 25.5. The molecule has 4 heteroatoms. The van der Waals surface area contributed by atoms with Crippen molar-refractivity contribution in [2.45, 2.75) is 58.6 Å². The van der Waals surface area contributed by atoms with E-state index in [4.69, 9.17) is 4.74 Å². The molecule has 1 aliphatic rings. The van der Waals surface area contributed by atoms with Crippen LogP contribution in [0.1, 0.15) is 44.7 Å². The fraction of sp³-hybridized carbons (Fsp3) is 0.529. The second-order valence-corrected chi connectivity index (χ2v) is 6.63. The largest absolute Gasteiger partial charge is 0.443 e. The third-order valence-electron chi connectivity index (χ3n) is 3.51. The van der Waals surface area contributed by atoms with Crippen molar-refractivity contribution < 1.29 is 14.3 Å². The van der Waals surface area contributed by atoms with E-state index >= 15 is 0 Å². The number of carbonyl (C=O) groups is 2.